The first-order valence-corrected chi connectivity index (χ1v) is 8.48. The molecule has 0 radical (unpaired) electrons. The molecule has 0 fully saturated rings. The zero-order valence-corrected chi connectivity index (χ0v) is 13.5. The number of aromatic nitrogens is 1. The van der Waals surface area contributed by atoms with Gasteiger partial charge in [-0.05, 0) is 34.1 Å². The predicted molar refractivity (Wildman–Crippen MR) is 75.7 cm³/mol. The van der Waals surface area contributed by atoms with Gasteiger partial charge in [-0.2, -0.15) is 0 Å². The van der Waals surface area contributed by atoms with Crippen LogP contribution in [0.2, 0.25) is 0 Å². The highest BCUT2D eigenvalue weighted by atomic mass is 79.9. The molecule has 0 saturated heterocycles. The van der Waals surface area contributed by atoms with Crippen molar-refractivity contribution in [2.75, 3.05) is 6.26 Å². The monoisotopic (exact) mass is 395 g/mol. The molecule has 0 amide bonds. The summed E-state index contributed by atoms with van der Waals surface area (Å²) in [6.45, 7) is -0.509. The van der Waals surface area contributed by atoms with Crippen LogP contribution >= 0.6 is 15.9 Å². The number of hydrogen-bond acceptors (Lipinski definition) is 4. The van der Waals surface area contributed by atoms with E-state index < -0.39 is 44.5 Å². The van der Waals surface area contributed by atoms with Gasteiger partial charge in [0, 0.05) is 16.9 Å². The van der Waals surface area contributed by atoms with Crippen molar-refractivity contribution in [3.8, 4) is 5.75 Å². The van der Waals surface area contributed by atoms with Crippen LogP contribution in [0.3, 0.4) is 0 Å². The van der Waals surface area contributed by atoms with Crippen molar-refractivity contribution >= 4 is 25.8 Å². The van der Waals surface area contributed by atoms with E-state index in [1.165, 1.54) is 6.20 Å². The quantitative estimate of drug-likeness (QED) is 0.797. The van der Waals surface area contributed by atoms with Crippen molar-refractivity contribution < 1.29 is 26.3 Å². The molecule has 0 aliphatic rings. The zero-order valence-electron chi connectivity index (χ0n) is 11.1. The average molecular weight is 396 g/mol. The highest BCUT2D eigenvalue weighted by Crippen LogP contribution is 2.26. The van der Waals surface area contributed by atoms with Gasteiger partial charge in [0.1, 0.15) is 18.1 Å². The van der Waals surface area contributed by atoms with E-state index in [9.17, 15) is 21.6 Å². The van der Waals surface area contributed by atoms with Crippen molar-refractivity contribution in [1.29, 1.82) is 0 Å². The van der Waals surface area contributed by atoms with Crippen LogP contribution in [-0.4, -0.2) is 19.7 Å². The number of halogens is 4. The molecule has 1 heterocycles. The SMILES string of the molecule is CS(=O)(=O)c1cc(F)c(OCc2ncc(Br)cc2F)c(F)c1. The van der Waals surface area contributed by atoms with E-state index in [2.05, 4.69) is 20.9 Å². The van der Waals surface area contributed by atoms with Crippen molar-refractivity contribution in [3.63, 3.8) is 0 Å². The fraction of sp³-hybridized carbons (Fsp3) is 0.154. The predicted octanol–water partition coefficient (Wildman–Crippen LogP) is 3.24. The molecule has 0 aliphatic carbocycles. The Balaban J connectivity index is 2.27. The van der Waals surface area contributed by atoms with Crippen molar-refractivity contribution in [3.05, 3.63) is 52.0 Å². The summed E-state index contributed by atoms with van der Waals surface area (Å²) in [4.78, 5) is 3.21. The molecule has 0 unspecified atom stereocenters. The molecule has 0 bridgehead atoms. The normalized spacial score (nSPS) is 11.5. The first kappa shape index (κ1) is 16.8. The van der Waals surface area contributed by atoms with Gasteiger partial charge in [0.2, 0.25) is 0 Å². The number of hydrogen-bond donors (Lipinski definition) is 0. The summed E-state index contributed by atoms with van der Waals surface area (Å²) >= 11 is 3.02. The molecule has 118 valence electrons. The fourth-order valence-corrected chi connectivity index (χ4v) is 2.52. The van der Waals surface area contributed by atoms with Gasteiger partial charge in [0.25, 0.3) is 0 Å². The second-order valence-corrected chi connectivity index (χ2v) is 7.29. The highest BCUT2D eigenvalue weighted by molar-refractivity contribution is 9.10. The third-order valence-electron chi connectivity index (χ3n) is 2.64. The molecule has 9 heteroatoms. The third kappa shape index (κ3) is 3.77. The summed E-state index contributed by atoms with van der Waals surface area (Å²) in [7, 11) is -3.76. The number of sulfone groups is 1. The molecular formula is C13H9BrF3NO3S. The first-order valence-electron chi connectivity index (χ1n) is 5.80. The van der Waals surface area contributed by atoms with E-state index in [1.807, 2.05) is 0 Å². The van der Waals surface area contributed by atoms with Crippen molar-refractivity contribution in [2.45, 2.75) is 11.5 Å². The molecule has 0 spiro atoms. The second-order valence-electron chi connectivity index (χ2n) is 4.36. The van der Waals surface area contributed by atoms with Crippen LogP contribution in [0.25, 0.3) is 0 Å². The summed E-state index contributed by atoms with van der Waals surface area (Å²) < 4.78 is 68.9. The lowest BCUT2D eigenvalue weighted by atomic mass is 10.3. The Hall–Kier alpha value is -1.61. The van der Waals surface area contributed by atoms with E-state index in [-0.39, 0.29) is 5.69 Å². The van der Waals surface area contributed by atoms with E-state index in [4.69, 9.17) is 4.74 Å². The molecule has 22 heavy (non-hydrogen) atoms. The van der Waals surface area contributed by atoms with Crippen LogP contribution in [0, 0.1) is 17.5 Å². The zero-order chi connectivity index (χ0) is 16.5. The van der Waals surface area contributed by atoms with Crippen LogP contribution in [0.15, 0.2) is 33.8 Å². The van der Waals surface area contributed by atoms with Crippen LogP contribution < -0.4 is 4.74 Å². The van der Waals surface area contributed by atoms with Crippen LogP contribution in [0.4, 0.5) is 13.2 Å². The van der Waals surface area contributed by atoms with Gasteiger partial charge < -0.3 is 4.74 Å². The molecular weight excluding hydrogens is 387 g/mol. The smallest absolute Gasteiger partial charge is 0.191 e. The Bertz CT molecular complexity index is 804. The maximum absolute atomic E-state index is 13.8. The van der Waals surface area contributed by atoms with Gasteiger partial charge in [-0.1, -0.05) is 0 Å². The molecule has 0 saturated carbocycles. The Labute approximate surface area is 133 Å². The lowest BCUT2D eigenvalue weighted by molar-refractivity contribution is 0.264. The molecule has 1 aromatic carbocycles. The maximum atomic E-state index is 13.8. The molecule has 2 aromatic rings. The minimum Gasteiger partial charge on any atom is -0.481 e. The second kappa shape index (κ2) is 6.25. The lowest BCUT2D eigenvalue weighted by Gasteiger charge is -2.10. The fourth-order valence-electron chi connectivity index (χ4n) is 1.58. The Morgan fingerprint density at radius 1 is 1.14 bits per heavy atom. The maximum Gasteiger partial charge on any atom is 0.191 e. The van der Waals surface area contributed by atoms with Gasteiger partial charge in [-0.3, -0.25) is 4.98 Å². The summed E-state index contributed by atoms with van der Waals surface area (Å²) in [5, 5.41) is 0. The number of ether oxygens (including phenoxy) is 1. The highest BCUT2D eigenvalue weighted by Gasteiger charge is 2.18. The lowest BCUT2D eigenvalue weighted by Crippen LogP contribution is -2.06. The largest absolute Gasteiger partial charge is 0.481 e. The Kier molecular flexibility index (Phi) is 4.76. The van der Waals surface area contributed by atoms with Crippen LogP contribution in [-0.2, 0) is 16.4 Å². The van der Waals surface area contributed by atoms with Gasteiger partial charge in [0.15, 0.2) is 27.2 Å². The molecule has 0 atom stereocenters. The van der Waals surface area contributed by atoms with Gasteiger partial charge >= 0.3 is 0 Å². The molecule has 1 aromatic heterocycles. The van der Waals surface area contributed by atoms with Crippen molar-refractivity contribution in [1.82, 2.24) is 4.98 Å². The summed E-state index contributed by atoms with van der Waals surface area (Å²) in [6.07, 6.45) is 2.13. The van der Waals surface area contributed by atoms with Crippen molar-refractivity contribution in [2.24, 2.45) is 0 Å². The number of rotatable bonds is 4. The Morgan fingerprint density at radius 3 is 2.23 bits per heavy atom. The third-order valence-corrected chi connectivity index (χ3v) is 4.16. The van der Waals surface area contributed by atoms with Crippen LogP contribution in [0.1, 0.15) is 5.69 Å². The molecule has 0 N–H and O–H groups in total. The standard InChI is InChI=1S/C13H9BrF3NO3S/c1-22(19,20)8-3-10(16)13(11(17)4-8)21-6-12-9(15)2-7(14)5-18-12/h2-5H,6H2,1H3. The molecule has 4 nitrogen and oxygen atoms in total. The van der Waals surface area contributed by atoms with Gasteiger partial charge in [0.05, 0.1) is 4.90 Å². The Morgan fingerprint density at radius 2 is 1.73 bits per heavy atom. The summed E-state index contributed by atoms with van der Waals surface area (Å²) in [5.41, 5.74) is -0.144. The van der Waals surface area contributed by atoms with E-state index >= 15 is 0 Å². The molecule has 2 rings (SSSR count). The van der Waals surface area contributed by atoms with Gasteiger partial charge in [-0.15, -0.1) is 0 Å². The topological polar surface area (TPSA) is 56.3 Å². The minimum atomic E-state index is -3.76. The minimum absolute atomic E-state index is 0.144. The number of nitrogens with zero attached hydrogens (tertiary/aromatic N) is 1. The van der Waals surface area contributed by atoms with E-state index in [0.29, 0.717) is 16.6 Å². The van der Waals surface area contributed by atoms with E-state index in [0.717, 1.165) is 12.3 Å². The van der Waals surface area contributed by atoms with Crippen LogP contribution in [0.5, 0.6) is 5.75 Å². The first-order chi connectivity index (χ1) is 10.2. The van der Waals surface area contributed by atoms with Gasteiger partial charge in [-0.25, -0.2) is 21.6 Å². The summed E-state index contributed by atoms with van der Waals surface area (Å²) in [6, 6.07) is 2.41. The average Bonchev–Trinajstić information content (AvgIpc) is 2.38. The number of benzene rings is 1. The molecule has 0 aliphatic heterocycles. The van der Waals surface area contributed by atoms with E-state index in [1.54, 1.807) is 0 Å². The summed E-state index contributed by atoms with van der Waals surface area (Å²) in [5.74, 6) is -3.89. The number of pyridine rings is 1.